The molecular formula is C17H22N3O7. The summed E-state index contributed by atoms with van der Waals surface area (Å²) >= 11 is 0. The summed E-state index contributed by atoms with van der Waals surface area (Å²) in [5, 5.41) is 45.4. The van der Waals surface area contributed by atoms with E-state index in [9.17, 15) is 15.0 Å². The summed E-state index contributed by atoms with van der Waals surface area (Å²) < 4.78 is 4.54. The molecule has 9 N–H and O–H groups in total. The maximum absolute atomic E-state index is 11.2. The number of aliphatic hydroxyl groups excluding tert-OH is 1. The zero-order valence-corrected chi connectivity index (χ0v) is 14.3. The first-order valence-corrected chi connectivity index (χ1v) is 7.63. The maximum atomic E-state index is 11.2. The molecule has 0 aromatic heterocycles. The van der Waals surface area contributed by atoms with Crippen molar-refractivity contribution in [2.75, 3.05) is 6.61 Å². The number of hydrogen-bond acceptors (Lipinski definition) is 9. The minimum absolute atomic E-state index is 0.00353. The number of nitrogens with two attached hydrogens (primary N) is 1. The summed E-state index contributed by atoms with van der Waals surface area (Å²) in [6.07, 6.45) is 0. The molecule has 0 aliphatic rings. The molecule has 1 unspecified atom stereocenters. The van der Waals surface area contributed by atoms with Crippen LogP contribution in [0, 0.1) is 7.11 Å². The molecular weight excluding hydrogens is 358 g/mol. The van der Waals surface area contributed by atoms with E-state index in [4.69, 9.17) is 21.1 Å². The number of aliphatic hydroxyl groups is 1. The number of nitrogens with one attached hydrogen (secondary N) is 2. The van der Waals surface area contributed by atoms with E-state index >= 15 is 0 Å². The lowest BCUT2D eigenvalue weighted by Crippen LogP contribution is -2.48. The van der Waals surface area contributed by atoms with Crippen molar-refractivity contribution in [2.45, 2.75) is 12.6 Å². The summed E-state index contributed by atoms with van der Waals surface area (Å²) in [4.78, 5) is 11.2. The smallest absolute Gasteiger partial charge is 0.253 e. The molecule has 2 aromatic rings. The van der Waals surface area contributed by atoms with Gasteiger partial charge in [0, 0.05) is 12.1 Å². The van der Waals surface area contributed by atoms with Gasteiger partial charge < -0.3 is 36.0 Å². The minimum Gasteiger partial charge on any atom is -0.504 e. The van der Waals surface area contributed by atoms with Crippen LogP contribution in [0.15, 0.2) is 36.4 Å². The van der Waals surface area contributed by atoms with Crippen LogP contribution in [-0.2, 0) is 11.3 Å². The fraction of sp³-hybridized carbons (Fsp3) is 0.176. The first-order valence-electron chi connectivity index (χ1n) is 7.63. The third kappa shape index (κ3) is 6.55. The van der Waals surface area contributed by atoms with E-state index in [2.05, 4.69) is 22.7 Å². The minimum atomic E-state index is -1.04. The molecule has 0 heterocycles. The van der Waals surface area contributed by atoms with Crippen molar-refractivity contribution < 1.29 is 35.1 Å². The van der Waals surface area contributed by atoms with Gasteiger partial charge in [0.25, 0.3) is 5.91 Å². The quantitative estimate of drug-likeness (QED) is 0.249. The Morgan fingerprint density at radius 3 is 2.30 bits per heavy atom. The molecule has 147 valence electrons. The molecule has 2 rings (SSSR count). The second-order valence-electron chi connectivity index (χ2n) is 5.18. The van der Waals surface area contributed by atoms with Crippen LogP contribution in [0.3, 0.4) is 0 Å². The Morgan fingerprint density at radius 2 is 1.74 bits per heavy atom. The van der Waals surface area contributed by atoms with Crippen LogP contribution in [0.25, 0.3) is 0 Å². The van der Waals surface area contributed by atoms with Crippen LogP contribution < -0.4 is 21.3 Å². The Morgan fingerprint density at radius 1 is 1.07 bits per heavy atom. The lowest BCUT2D eigenvalue weighted by atomic mass is 10.2. The average Bonchev–Trinajstić information content (AvgIpc) is 2.68. The van der Waals surface area contributed by atoms with Crippen molar-refractivity contribution in [1.29, 1.82) is 0 Å². The normalized spacial score (nSPS) is 11.1. The third-order valence-corrected chi connectivity index (χ3v) is 3.26. The maximum Gasteiger partial charge on any atom is 0.253 e. The van der Waals surface area contributed by atoms with Gasteiger partial charge in [-0.05, 0) is 18.2 Å². The summed E-state index contributed by atoms with van der Waals surface area (Å²) in [7, 11) is 3.16. The van der Waals surface area contributed by atoms with Gasteiger partial charge in [-0.2, -0.15) is 0 Å². The fourth-order valence-electron chi connectivity index (χ4n) is 1.73. The highest BCUT2D eigenvalue weighted by Gasteiger charge is 2.13. The first-order chi connectivity index (χ1) is 12.8. The standard InChI is InChI=1S/C10H15N3O5.C7H7O2/c11-6(4-14)10(18)13-12-3-5-1-2-7(15)9(17)8(5)16;1-9-7-5-3-2-4-6(7)8/h1-2,6,12,14-17H,3-4,11H2,(H,13,18);2-5,8H,1H2. The third-order valence-electron chi connectivity index (χ3n) is 3.26. The Hall–Kier alpha value is -3.21. The molecule has 1 amide bonds. The van der Waals surface area contributed by atoms with Gasteiger partial charge in [0.05, 0.1) is 6.61 Å². The van der Waals surface area contributed by atoms with Crippen LogP contribution >= 0.6 is 0 Å². The molecule has 10 nitrogen and oxygen atoms in total. The lowest BCUT2D eigenvalue weighted by Gasteiger charge is -2.12. The van der Waals surface area contributed by atoms with Gasteiger partial charge in [0.2, 0.25) is 5.75 Å². The Kier molecular flexibility index (Phi) is 8.66. The molecule has 0 aliphatic heterocycles. The monoisotopic (exact) mass is 380 g/mol. The number of ether oxygens (including phenoxy) is 1. The van der Waals surface area contributed by atoms with Crippen molar-refractivity contribution in [3.63, 3.8) is 0 Å². The molecule has 2 aromatic carbocycles. The van der Waals surface area contributed by atoms with Crippen molar-refractivity contribution in [3.8, 4) is 28.7 Å². The molecule has 0 spiro atoms. The number of carbonyl (C=O) groups is 1. The number of carbonyl (C=O) groups excluding carboxylic acids is 1. The van der Waals surface area contributed by atoms with Gasteiger partial charge in [-0.1, -0.05) is 18.2 Å². The zero-order valence-electron chi connectivity index (χ0n) is 14.3. The highest BCUT2D eigenvalue weighted by atomic mass is 16.5. The largest absolute Gasteiger partial charge is 0.504 e. The molecule has 0 saturated carbocycles. The van der Waals surface area contributed by atoms with Crippen molar-refractivity contribution >= 4 is 5.91 Å². The lowest BCUT2D eigenvalue weighted by molar-refractivity contribution is -0.124. The van der Waals surface area contributed by atoms with Crippen molar-refractivity contribution in [3.05, 3.63) is 49.1 Å². The predicted octanol–water partition coefficient (Wildman–Crippen LogP) is -0.194. The molecule has 0 bridgehead atoms. The second-order valence-corrected chi connectivity index (χ2v) is 5.18. The number of benzene rings is 2. The highest BCUT2D eigenvalue weighted by molar-refractivity contribution is 5.81. The number of rotatable bonds is 6. The predicted molar refractivity (Wildman–Crippen MR) is 95.6 cm³/mol. The van der Waals surface area contributed by atoms with E-state index in [1.807, 2.05) is 0 Å². The van der Waals surface area contributed by atoms with Gasteiger partial charge >= 0.3 is 0 Å². The Balaban J connectivity index is 0.000000337. The number of amides is 1. The van der Waals surface area contributed by atoms with Crippen LogP contribution in [-0.4, -0.2) is 44.1 Å². The number of phenolic OH excluding ortho intramolecular Hbond substituents is 4. The van der Waals surface area contributed by atoms with E-state index < -0.39 is 35.8 Å². The topological polar surface area (TPSA) is 178 Å². The molecule has 0 saturated heterocycles. The number of hydrogen-bond donors (Lipinski definition) is 8. The number of hydrazine groups is 1. The molecule has 0 aliphatic carbocycles. The summed E-state index contributed by atoms with van der Waals surface area (Å²) in [5.74, 6) is -1.65. The Labute approximate surface area is 155 Å². The van der Waals surface area contributed by atoms with E-state index in [0.717, 1.165) is 0 Å². The van der Waals surface area contributed by atoms with Crippen LogP contribution in [0.5, 0.6) is 28.7 Å². The highest BCUT2D eigenvalue weighted by Crippen LogP contribution is 2.36. The molecule has 1 atom stereocenters. The number of phenols is 4. The average molecular weight is 380 g/mol. The number of para-hydroxylation sites is 2. The van der Waals surface area contributed by atoms with Gasteiger partial charge in [-0.15, -0.1) is 0 Å². The van der Waals surface area contributed by atoms with E-state index in [1.165, 1.54) is 12.1 Å². The fourth-order valence-corrected chi connectivity index (χ4v) is 1.73. The second kappa shape index (κ2) is 10.7. The summed E-state index contributed by atoms with van der Waals surface area (Å²) in [6.45, 7) is -0.484. The van der Waals surface area contributed by atoms with Gasteiger partial charge in [-0.25, -0.2) is 5.43 Å². The SMILES string of the molecule is NC(CO)C(=O)NNCc1ccc(O)c(O)c1O.[CH2]Oc1ccccc1O. The number of aromatic hydroxyl groups is 4. The van der Waals surface area contributed by atoms with E-state index in [-0.39, 0.29) is 17.9 Å². The van der Waals surface area contributed by atoms with Crippen molar-refractivity contribution in [2.24, 2.45) is 5.73 Å². The first kappa shape index (κ1) is 21.8. The summed E-state index contributed by atoms with van der Waals surface area (Å²) in [6, 6.07) is 8.20. The van der Waals surface area contributed by atoms with E-state index in [0.29, 0.717) is 5.75 Å². The van der Waals surface area contributed by atoms with Crippen LogP contribution in [0.4, 0.5) is 0 Å². The van der Waals surface area contributed by atoms with Gasteiger partial charge in [0.15, 0.2) is 23.0 Å². The molecule has 27 heavy (non-hydrogen) atoms. The van der Waals surface area contributed by atoms with Gasteiger partial charge in [0.1, 0.15) is 13.2 Å². The van der Waals surface area contributed by atoms with E-state index in [1.54, 1.807) is 24.3 Å². The Bertz CT molecular complexity index is 755. The molecule has 1 radical (unpaired) electrons. The molecule has 10 heteroatoms. The molecule has 0 fully saturated rings. The van der Waals surface area contributed by atoms with Gasteiger partial charge in [-0.3, -0.25) is 10.2 Å². The zero-order chi connectivity index (χ0) is 20.4. The van der Waals surface area contributed by atoms with Crippen molar-refractivity contribution in [1.82, 2.24) is 10.9 Å². The van der Waals surface area contributed by atoms with Crippen LogP contribution in [0.2, 0.25) is 0 Å². The van der Waals surface area contributed by atoms with Crippen LogP contribution in [0.1, 0.15) is 5.56 Å². The summed E-state index contributed by atoms with van der Waals surface area (Å²) in [5.41, 5.74) is 10.2.